The number of anilines is 1. The number of benzene rings is 3. The smallest absolute Gasteiger partial charge is 0.293 e. The van der Waals surface area contributed by atoms with Gasteiger partial charge in [-0.05, 0) is 53.7 Å². The van der Waals surface area contributed by atoms with Crippen molar-refractivity contribution in [3.05, 3.63) is 100 Å². The lowest BCUT2D eigenvalue weighted by Gasteiger charge is -2.36. The molecule has 3 aromatic carbocycles. The van der Waals surface area contributed by atoms with Crippen LogP contribution in [-0.2, 0) is 11.3 Å². The molecule has 2 heterocycles. The Morgan fingerprint density at radius 3 is 2.50 bits per heavy atom. The van der Waals surface area contributed by atoms with Crippen LogP contribution in [0.3, 0.4) is 0 Å². The molecule has 7 nitrogen and oxygen atoms in total. The lowest BCUT2D eigenvalue weighted by Crippen LogP contribution is -2.48. The minimum atomic E-state index is -0.478. The molecule has 2 fully saturated rings. The van der Waals surface area contributed by atoms with E-state index in [0.29, 0.717) is 37.3 Å². The number of carbonyl (C=O) groups excluding carboxylic acids is 3. The van der Waals surface area contributed by atoms with Crippen LogP contribution in [0.1, 0.15) is 21.5 Å². The Kier molecular flexibility index (Phi) is 7.46. The highest BCUT2D eigenvalue weighted by atomic mass is 32.2. The summed E-state index contributed by atoms with van der Waals surface area (Å²) in [6, 6.07) is 20.9. The fourth-order valence-electron chi connectivity index (χ4n) is 4.50. The first-order valence-corrected chi connectivity index (χ1v) is 13.0. The zero-order valence-electron chi connectivity index (χ0n) is 20.8. The van der Waals surface area contributed by atoms with E-state index in [-0.39, 0.29) is 22.9 Å². The van der Waals surface area contributed by atoms with Gasteiger partial charge in [-0.2, -0.15) is 0 Å². The van der Waals surface area contributed by atoms with Crippen LogP contribution >= 0.6 is 11.8 Å². The second kappa shape index (κ2) is 11.1. The normalized spacial score (nSPS) is 16.9. The third-order valence-electron chi connectivity index (χ3n) is 6.58. The Bertz CT molecular complexity index is 1420. The second-order valence-corrected chi connectivity index (χ2v) is 9.96. The van der Waals surface area contributed by atoms with Gasteiger partial charge >= 0.3 is 0 Å². The van der Waals surface area contributed by atoms with Crippen LogP contribution in [0, 0.1) is 5.82 Å². The fraction of sp³-hybridized carbons (Fsp3) is 0.207. The minimum Gasteiger partial charge on any atom is -0.497 e. The van der Waals surface area contributed by atoms with Crippen molar-refractivity contribution in [3.8, 4) is 5.75 Å². The SMILES string of the molecule is COc1cccc(N2CCN(C(=O)c3cccc(/C=C4\SC(=O)N(Cc5ccccc5F)C4=O)c3)CC2)c1. The monoisotopic (exact) mass is 531 g/mol. The van der Waals surface area contributed by atoms with Gasteiger partial charge in [0.2, 0.25) is 0 Å². The molecule has 0 saturated carbocycles. The molecule has 0 spiro atoms. The van der Waals surface area contributed by atoms with Gasteiger partial charge in [0, 0.05) is 49.1 Å². The number of halogens is 1. The van der Waals surface area contributed by atoms with E-state index in [0.717, 1.165) is 28.1 Å². The first kappa shape index (κ1) is 25.5. The molecule has 0 radical (unpaired) electrons. The summed E-state index contributed by atoms with van der Waals surface area (Å²) in [4.78, 5) is 43.9. The van der Waals surface area contributed by atoms with E-state index in [9.17, 15) is 18.8 Å². The van der Waals surface area contributed by atoms with Crippen molar-refractivity contribution in [2.75, 3.05) is 38.2 Å². The first-order chi connectivity index (χ1) is 18.4. The van der Waals surface area contributed by atoms with Gasteiger partial charge in [0.1, 0.15) is 11.6 Å². The Balaban J connectivity index is 1.25. The number of ether oxygens (including phenoxy) is 1. The van der Waals surface area contributed by atoms with Crippen molar-refractivity contribution in [3.63, 3.8) is 0 Å². The third kappa shape index (κ3) is 5.43. The molecule has 2 aliphatic heterocycles. The van der Waals surface area contributed by atoms with Gasteiger partial charge < -0.3 is 14.5 Å². The lowest BCUT2D eigenvalue weighted by molar-refractivity contribution is -0.123. The quantitative estimate of drug-likeness (QED) is 0.416. The highest BCUT2D eigenvalue weighted by molar-refractivity contribution is 8.18. The highest BCUT2D eigenvalue weighted by Gasteiger charge is 2.35. The predicted molar refractivity (Wildman–Crippen MR) is 145 cm³/mol. The molecule has 0 aliphatic carbocycles. The summed E-state index contributed by atoms with van der Waals surface area (Å²) in [6.45, 7) is 2.43. The summed E-state index contributed by atoms with van der Waals surface area (Å²) in [5.41, 5.74) is 2.49. The van der Waals surface area contributed by atoms with Crippen LogP contribution in [0.15, 0.2) is 77.7 Å². The molecule has 38 heavy (non-hydrogen) atoms. The molecule has 9 heteroatoms. The number of thioether (sulfide) groups is 1. The first-order valence-electron chi connectivity index (χ1n) is 12.2. The standard InChI is InChI=1S/C29H26FN3O4S/c1-37-24-10-5-9-23(18-24)31-12-14-32(15-13-31)27(34)21-8-4-6-20(16-21)17-26-28(35)33(29(36)38-26)19-22-7-2-3-11-25(22)30/h2-11,16-18H,12-15,19H2,1H3/b26-17-. The second-order valence-electron chi connectivity index (χ2n) is 8.97. The van der Waals surface area contributed by atoms with E-state index in [2.05, 4.69) is 4.90 Å². The van der Waals surface area contributed by atoms with Crippen molar-refractivity contribution >= 4 is 40.6 Å². The van der Waals surface area contributed by atoms with Gasteiger partial charge in [-0.1, -0.05) is 36.4 Å². The van der Waals surface area contributed by atoms with Crippen molar-refractivity contribution in [2.24, 2.45) is 0 Å². The van der Waals surface area contributed by atoms with Crippen molar-refractivity contribution in [2.45, 2.75) is 6.54 Å². The average Bonchev–Trinajstić information content (AvgIpc) is 3.21. The molecule has 3 aromatic rings. The van der Waals surface area contributed by atoms with Crippen LogP contribution in [0.4, 0.5) is 14.9 Å². The van der Waals surface area contributed by atoms with Gasteiger partial charge in [0.25, 0.3) is 17.1 Å². The summed E-state index contributed by atoms with van der Waals surface area (Å²) < 4.78 is 19.4. The molecule has 0 unspecified atom stereocenters. The van der Waals surface area contributed by atoms with Crippen LogP contribution in [0.2, 0.25) is 0 Å². The molecule has 194 valence electrons. The minimum absolute atomic E-state index is 0.0850. The maximum absolute atomic E-state index is 14.0. The largest absolute Gasteiger partial charge is 0.497 e. The number of imide groups is 1. The Labute approximate surface area is 224 Å². The van der Waals surface area contributed by atoms with E-state index in [1.54, 1.807) is 55.7 Å². The maximum Gasteiger partial charge on any atom is 0.293 e. The molecule has 0 bridgehead atoms. The molecular formula is C29H26FN3O4S. The summed E-state index contributed by atoms with van der Waals surface area (Å²) >= 11 is 0.811. The van der Waals surface area contributed by atoms with Crippen molar-refractivity contribution < 1.29 is 23.5 Å². The highest BCUT2D eigenvalue weighted by Crippen LogP contribution is 2.33. The van der Waals surface area contributed by atoms with Gasteiger partial charge in [-0.15, -0.1) is 0 Å². The topological polar surface area (TPSA) is 70.2 Å². The summed E-state index contributed by atoms with van der Waals surface area (Å²) in [5.74, 6) is -0.235. The van der Waals surface area contributed by atoms with Gasteiger partial charge in [0.05, 0.1) is 18.6 Å². The van der Waals surface area contributed by atoms with Gasteiger partial charge in [-0.3, -0.25) is 19.3 Å². The predicted octanol–water partition coefficient (Wildman–Crippen LogP) is 5.03. The fourth-order valence-corrected chi connectivity index (χ4v) is 5.34. The van der Waals surface area contributed by atoms with Gasteiger partial charge in [0.15, 0.2) is 0 Å². The lowest BCUT2D eigenvalue weighted by atomic mass is 10.1. The van der Waals surface area contributed by atoms with E-state index in [1.807, 2.05) is 29.2 Å². The number of piperazine rings is 1. The van der Waals surface area contributed by atoms with Crippen molar-refractivity contribution in [1.29, 1.82) is 0 Å². The maximum atomic E-state index is 14.0. The number of nitrogens with zero attached hydrogens (tertiary/aromatic N) is 3. The molecular weight excluding hydrogens is 505 g/mol. The van der Waals surface area contributed by atoms with Crippen LogP contribution in [0.25, 0.3) is 6.08 Å². The van der Waals surface area contributed by atoms with Crippen LogP contribution in [0.5, 0.6) is 5.75 Å². The number of rotatable bonds is 6. The summed E-state index contributed by atoms with van der Waals surface area (Å²) in [6.07, 6.45) is 1.60. The average molecular weight is 532 g/mol. The molecule has 5 rings (SSSR count). The summed E-state index contributed by atoms with van der Waals surface area (Å²) in [7, 11) is 1.64. The number of amides is 3. The third-order valence-corrected chi connectivity index (χ3v) is 7.48. The Morgan fingerprint density at radius 2 is 1.74 bits per heavy atom. The van der Waals surface area contributed by atoms with E-state index >= 15 is 0 Å². The number of hydrogen-bond donors (Lipinski definition) is 0. The zero-order chi connectivity index (χ0) is 26.6. The Morgan fingerprint density at radius 1 is 0.974 bits per heavy atom. The van der Waals surface area contributed by atoms with Crippen molar-refractivity contribution in [1.82, 2.24) is 9.80 Å². The van der Waals surface area contributed by atoms with Crippen LogP contribution in [-0.4, -0.2) is 60.1 Å². The number of hydrogen-bond acceptors (Lipinski definition) is 6. The molecule has 0 aromatic heterocycles. The number of carbonyl (C=O) groups is 3. The zero-order valence-corrected chi connectivity index (χ0v) is 21.6. The van der Waals surface area contributed by atoms with E-state index < -0.39 is 17.0 Å². The van der Waals surface area contributed by atoms with Crippen LogP contribution < -0.4 is 9.64 Å². The Hall–Kier alpha value is -4.11. The molecule has 0 N–H and O–H groups in total. The molecule has 0 atom stereocenters. The summed E-state index contributed by atoms with van der Waals surface area (Å²) in [5, 5.41) is -0.453. The van der Waals surface area contributed by atoms with Gasteiger partial charge in [-0.25, -0.2) is 4.39 Å². The van der Waals surface area contributed by atoms with E-state index in [4.69, 9.17) is 4.74 Å². The molecule has 2 saturated heterocycles. The number of methoxy groups -OCH3 is 1. The molecule has 2 aliphatic rings. The van der Waals surface area contributed by atoms with E-state index in [1.165, 1.54) is 6.07 Å². The molecule has 3 amide bonds.